The number of aromatic nitrogens is 1. The first-order valence-electron chi connectivity index (χ1n) is 11.2. The van der Waals surface area contributed by atoms with Crippen molar-refractivity contribution in [3.63, 3.8) is 0 Å². The van der Waals surface area contributed by atoms with Gasteiger partial charge in [-0.1, -0.05) is 18.2 Å². The summed E-state index contributed by atoms with van der Waals surface area (Å²) >= 11 is 0. The zero-order valence-corrected chi connectivity index (χ0v) is 18.6. The van der Waals surface area contributed by atoms with Crippen molar-refractivity contribution >= 4 is 28.3 Å². The fraction of sp³-hybridized carbons (Fsp3) is 0.346. The van der Waals surface area contributed by atoms with Crippen LogP contribution in [0.25, 0.3) is 10.9 Å². The number of amides is 1. The highest BCUT2D eigenvalue weighted by molar-refractivity contribution is 5.94. The fourth-order valence-electron chi connectivity index (χ4n) is 4.36. The number of hydrogen-bond donors (Lipinski definition) is 2. The zero-order chi connectivity index (χ0) is 22.5. The fourth-order valence-corrected chi connectivity index (χ4v) is 4.36. The standard InChI is InChI=1S/C26H29N5O/c1-31(2)24-15-25(30-23-6-4-3-5-22(23)24)29-21-13-9-19(10-14-21)17-28-26(32)20-11-7-18(16-27)8-12-20/h3-8,11-12,15,19,21H,9-10,13-14,17H2,1-2H3,(H,28,32)(H,29,30). The molecular formula is C26H29N5O. The van der Waals surface area contributed by atoms with Crippen molar-refractivity contribution in [1.82, 2.24) is 10.3 Å². The molecule has 0 saturated heterocycles. The third-order valence-electron chi connectivity index (χ3n) is 6.20. The Balaban J connectivity index is 1.30. The molecule has 2 N–H and O–H groups in total. The molecule has 32 heavy (non-hydrogen) atoms. The van der Waals surface area contributed by atoms with Gasteiger partial charge < -0.3 is 15.5 Å². The monoisotopic (exact) mass is 427 g/mol. The number of pyridine rings is 1. The van der Waals surface area contributed by atoms with Gasteiger partial charge in [-0.15, -0.1) is 0 Å². The molecule has 1 saturated carbocycles. The van der Waals surface area contributed by atoms with E-state index in [1.807, 2.05) is 12.1 Å². The minimum atomic E-state index is -0.0775. The Morgan fingerprint density at radius 2 is 1.81 bits per heavy atom. The third-order valence-corrected chi connectivity index (χ3v) is 6.20. The molecule has 2 aromatic carbocycles. The predicted octanol–water partition coefficient (Wildman–Crippen LogP) is 4.57. The van der Waals surface area contributed by atoms with E-state index in [-0.39, 0.29) is 5.91 Å². The van der Waals surface area contributed by atoms with Gasteiger partial charge in [0.05, 0.1) is 17.1 Å². The normalized spacial score (nSPS) is 18.0. The van der Waals surface area contributed by atoms with Gasteiger partial charge in [0.1, 0.15) is 5.82 Å². The van der Waals surface area contributed by atoms with E-state index < -0.39 is 0 Å². The number of nitriles is 1. The van der Waals surface area contributed by atoms with Crippen molar-refractivity contribution in [3.8, 4) is 6.07 Å². The van der Waals surface area contributed by atoms with Crippen molar-refractivity contribution in [2.24, 2.45) is 5.92 Å². The van der Waals surface area contributed by atoms with Crippen LogP contribution in [0.5, 0.6) is 0 Å². The summed E-state index contributed by atoms with van der Waals surface area (Å²) in [7, 11) is 4.12. The summed E-state index contributed by atoms with van der Waals surface area (Å²) < 4.78 is 0. The van der Waals surface area contributed by atoms with E-state index in [4.69, 9.17) is 10.2 Å². The van der Waals surface area contributed by atoms with Gasteiger partial charge in [-0.2, -0.15) is 5.26 Å². The molecule has 0 spiro atoms. The summed E-state index contributed by atoms with van der Waals surface area (Å²) in [4.78, 5) is 19.3. The second-order valence-electron chi connectivity index (χ2n) is 8.70. The van der Waals surface area contributed by atoms with Gasteiger partial charge in [0, 0.05) is 49.4 Å². The van der Waals surface area contributed by atoms with Crippen LogP contribution in [0.15, 0.2) is 54.6 Å². The summed E-state index contributed by atoms with van der Waals surface area (Å²) in [5, 5.41) is 16.7. The Morgan fingerprint density at radius 3 is 2.50 bits per heavy atom. The quantitative estimate of drug-likeness (QED) is 0.602. The highest BCUT2D eigenvalue weighted by Gasteiger charge is 2.22. The van der Waals surface area contributed by atoms with Crippen molar-refractivity contribution in [2.45, 2.75) is 31.7 Å². The highest BCUT2D eigenvalue weighted by atomic mass is 16.1. The second kappa shape index (κ2) is 9.69. The summed E-state index contributed by atoms with van der Waals surface area (Å²) in [5.74, 6) is 1.33. The minimum absolute atomic E-state index is 0.0775. The van der Waals surface area contributed by atoms with Crippen LogP contribution >= 0.6 is 0 Å². The summed E-state index contributed by atoms with van der Waals surface area (Å²) in [5.41, 5.74) is 3.32. The maximum Gasteiger partial charge on any atom is 0.251 e. The molecule has 0 radical (unpaired) electrons. The molecule has 0 atom stereocenters. The summed E-state index contributed by atoms with van der Waals surface area (Å²) in [6.07, 6.45) is 4.26. The SMILES string of the molecule is CN(C)c1cc(NC2CCC(CNC(=O)c3ccc(C#N)cc3)CC2)nc2ccccc12. The Bertz CT molecular complexity index is 1130. The summed E-state index contributed by atoms with van der Waals surface area (Å²) in [6, 6.07) is 19.6. The molecule has 4 rings (SSSR count). The zero-order valence-electron chi connectivity index (χ0n) is 18.6. The molecule has 1 fully saturated rings. The van der Waals surface area contributed by atoms with Gasteiger partial charge in [-0.3, -0.25) is 4.79 Å². The van der Waals surface area contributed by atoms with Crippen molar-refractivity contribution in [2.75, 3.05) is 30.9 Å². The molecule has 1 aliphatic carbocycles. The largest absolute Gasteiger partial charge is 0.377 e. The molecule has 0 unspecified atom stereocenters. The molecule has 0 bridgehead atoms. The van der Waals surface area contributed by atoms with Crippen LogP contribution in [-0.4, -0.2) is 37.6 Å². The van der Waals surface area contributed by atoms with E-state index in [1.165, 1.54) is 0 Å². The molecule has 164 valence electrons. The summed E-state index contributed by atoms with van der Waals surface area (Å²) in [6.45, 7) is 0.685. The number of nitrogens with one attached hydrogen (secondary N) is 2. The van der Waals surface area contributed by atoms with Crippen LogP contribution in [0.2, 0.25) is 0 Å². The van der Waals surface area contributed by atoms with Crippen molar-refractivity contribution in [3.05, 3.63) is 65.7 Å². The number of benzene rings is 2. The Morgan fingerprint density at radius 1 is 1.09 bits per heavy atom. The molecule has 6 nitrogen and oxygen atoms in total. The lowest BCUT2D eigenvalue weighted by Crippen LogP contribution is -2.34. The minimum Gasteiger partial charge on any atom is -0.377 e. The number of carbonyl (C=O) groups is 1. The van der Waals surface area contributed by atoms with Crippen LogP contribution in [0.4, 0.5) is 11.5 Å². The second-order valence-corrected chi connectivity index (χ2v) is 8.70. The Hall–Kier alpha value is -3.59. The van der Waals surface area contributed by atoms with Gasteiger partial charge in [0.2, 0.25) is 0 Å². The topological polar surface area (TPSA) is 81.0 Å². The first kappa shape index (κ1) is 21.6. The Kier molecular flexibility index (Phi) is 6.55. The Labute approximate surface area is 189 Å². The highest BCUT2D eigenvalue weighted by Crippen LogP contribution is 2.30. The molecule has 1 heterocycles. The van der Waals surface area contributed by atoms with E-state index in [2.05, 4.69) is 53.9 Å². The van der Waals surface area contributed by atoms with Crippen LogP contribution in [0.1, 0.15) is 41.6 Å². The van der Waals surface area contributed by atoms with Gasteiger partial charge in [0.15, 0.2) is 0 Å². The van der Waals surface area contributed by atoms with Crippen molar-refractivity contribution in [1.29, 1.82) is 5.26 Å². The van der Waals surface area contributed by atoms with E-state index in [0.29, 0.717) is 29.6 Å². The maximum atomic E-state index is 12.4. The molecule has 0 aliphatic heterocycles. The number of fused-ring (bicyclic) bond motifs is 1. The van der Waals surface area contributed by atoms with Gasteiger partial charge in [-0.25, -0.2) is 4.98 Å². The lowest BCUT2D eigenvalue weighted by Gasteiger charge is -2.30. The van der Waals surface area contributed by atoms with E-state index >= 15 is 0 Å². The van der Waals surface area contributed by atoms with Gasteiger partial charge in [-0.05, 0) is 61.9 Å². The molecular weight excluding hydrogens is 398 g/mol. The third kappa shape index (κ3) is 5.00. The number of hydrogen-bond acceptors (Lipinski definition) is 5. The van der Waals surface area contributed by atoms with Gasteiger partial charge in [0.25, 0.3) is 5.91 Å². The number of anilines is 2. The van der Waals surface area contributed by atoms with E-state index in [0.717, 1.165) is 48.1 Å². The van der Waals surface area contributed by atoms with Crippen LogP contribution in [0.3, 0.4) is 0 Å². The first-order chi connectivity index (χ1) is 15.5. The number of rotatable bonds is 6. The van der Waals surface area contributed by atoms with Crippen LogP contribution < -0.4 is 15.5 Å². The molecule has 6 heteroatoms. The number of carbonyl (C=O) groups excluding carboxylic acids is 1. The lowest BCUT2D eigenvalue weighted by atomic mass is 9.86. The molecule has 1 aliphatic rings. The van der Waals surface area contributed by atoms with E-state index in [1.54, 1.807) is 24.3 Å². The number of nitrogens with zero attached hydrogens (tertiary/aromatic N) is 3. The molecule has 1 amide bonds. The molecule has 3 aromatic rings. The average Bonchev–Trinajstić information content (AvgIpc) is 2.83. The number of para-hydroxylation sites is 1. The van der Waals surface area contributed by atoms with E-state index in [9.17, 15) is 4.79 Å². The lowest BCUT2D eigenvalue weighted by molar-refractivity contribution is 0.0943. The van der Waals surface area contributed by atoms with Gasteiger partial charge >= 0.3 is 0 Å². The van der Waals surface area contributed by atoms with Crippen molar-refractivity contribution < 1.29 is 4.79 Å². The average molecular weight is 428 g/mol. The first-order valence-corrected chi connectivity index (χ1v) is 11.2. The van der Waals surface area contributed by atoms with Crippen LogP contribution in [0, 0.1) is 17.2 Å². The van der Waals surface area contributed by atoms with Crippen LogP contribution in [-0.2, 0) is 0 Å². The maximum absolute atomic E-state index is 12.4. The predicted molar refractivity (Wildman–Crippen MR) is 129 cm³/mol. The smallest absolute Gasteiger partial charge is 0.251 e. The molecule has 1 aromatic heterocycles.